The smallest absolute Gasteiger partial charge is 0.134 e. The Morgan fingerprint density at radius 3 is 2.70 bits per heavy atom. The summed E-state index contributed by atoms with van der Waals surface area (Å²) < 4.78 is 4.12. The monoisotopic (exact) mass is 401 g/mol. The maximum atomic E-state index is 4.85. The highest BCUT2D eigenvalue weighted by molar-refractivity contribution is 5.61. The van der Waals surface area contributed by atoms with Crippen molar-refractivity contribution in [2.45, 2.75) is 39.4 Å². The van der Waals surface area contributed by atoms with Crippen LogP contribution in [0.3, 0.4) is 0 Å². The molecule has 1 aromatic carbocycles. The second-order valence-corrected chi connectivity index (χ2v) is 7.60. The van der Waals surface area contributed by atoms with Crippen LogP contribution >= 0.6 is 0 Å². The summed E-state index contributed by atoms with van der Waals surface area (Å²) in [6.07, 6.45) is 8.41. The van der Waals surface area contributed by atoms with E-state index in [1.165, 1.54) is 5.56 Å². The zero-order chi connectivity index (χ0) is 20.8. The molecule has 7 heteroatoms. The molecule has 0 atom stereocenters. The average Bonchev–Trinajstić information content (AvgIpc) is 3.40. The molecule has 0 aliphatic heterocycles. The standard InChI is InChI=1S/C23H27N7/c1-18(2)30-17-26-27-22(30)10-12-25-14-21-16-29(15-19-7-4-3-5-8-19)28-23(21)20-9-6-11-24-13-20/h3-9,11,13,16-18,25H,10,12,14-15H2,1-2H3. The van der Waals surface area contributed by atoms with E-state index in [9.17, 15) is 0 Å². The summed E-state index contributed by atoms with van der Waals surface area (Å²) in [6, 6.07) is 14.7. The van der Waals surface area contributed by atoms with Crippen LogP contribution in [-0.4, -0.2) is 36.1 Å². The highest BCUT2D eigenvalue weighted by atomic mass is 15.3. The SMILES string of the molecule is CC(C)n1cnnc1CCNCc1cn(Cc2ccccc2)nc1-c1cccnc1. The van der Waals surface area contributed by atoms with Gasteiger partial charge in [-0.1, -0.05) is 30.3 Å². The van der Waals surface area contributed by atoms with Crippen LogP contribution in [0.1, 0.15) is 36.8 Å². The third-order valence-corrected chi connectivity index (χ3v) is 5.00. The van der Waals surface area contributed by atoms with Crippen molar-refractivity contribution in [1.82, 2.24) is 34.8 Å². The molecule has 30 heavy (non-hydrogen) atoms. The first kappa shape index (κ1) is 20.0. The lowest BCUT2D eigenvalue weighted by Gasteiger charge is -2.10. The van der Waals surface area contributed by atoms with Crippen LogP contribution in [0.4, 0.5) is 0 Å². The molecule has 7 nitrogen and oxygen atoms in total. The predicted molar refractivity (Wildman–Crippen MR) is 117 cm³/mol. The average molecular weight is 402 g/mol. The van der Waals surface area contributed by atoms with Gasteiger partial charge in [-0.2, -0.15) is 5.10 Å². The third-order valence-electron chi connectivity index (χ3n) is 5.00. The number of aromatic nitrogens is 6. The van der Waals surface area contributed by atoms with E-state index in [2.05, 4.69) is 75.4 Å². The largest absolute Gasteiger partial charge is 0.315 e. The van der Waals surface area contributed by atoms with E-state index < -0.39 is 0 Å². The Balaban J connectivity index is 1.46. The van der Waals surface area contributed by atoms with Gasteiger partial charge in [0.2, 0.25) is 0 Å². The fourth-order valence-corrected chi connectivity index (χ4v) is 3.49. The molecule has 154 valence electrons. The van der Waals surface area contributed by atoms with Gasteiger partial charge in [-0.15, -0.1) is 10.2 Å². The molecule has 1 N–H and O–H groups in total. The van der Waals surface area contributed by atoms with Crippen LogP contribution in [0.5, 0.6) is 0 Å². The van der Waals surface area contributed by atoms with E-state index >= 15 is 0 Å². The molecular formula is C23H27N7. The van der Waals surface area contributed by atoms with E-state index in [-0.39, 0.29) is 0 Å². The molecule has 0 fully saturated rings. The van der Waals surface area contributed by atoms with Crippen LogP contribution in [0, 0.1) is 0 Å². The normalized spacial score (nSPS) is 11.3. The van der Waals surface area contributed by atoms with Crippen molar-refractivity contribution in [2.75, 3.05) is 6.54 Å². The van der Waals surface area contributed by atoms with Crippen molar-refractivity contribution in [3.05, 3.63) is 84.3 Å². The minimum absolute atomic E-state index is 0.364. The molecule has 0 spiro atoms. The first-order valence-corrected chi connectivity index (χ1v) is 10.3. The van der Waals surface area contributed by atoms with Gasteiger partial charge < -0.3 is 9.88 Å². The summed E-state index contributed by atoms with van der Waals surface area (Å²) in [7, 11) is 0. The van der Waals surface area contributed by atoms with Crippen LogP contribution in [0.15, 0.2) is 67.4 Å². The van der Waals surface area contributed by atoms with Gasteiger partial charge in [-0.05, 0) is 31.5 Å². The van der Waals surface area contributed by atoms with E-state index in [1.807, 2.05) is 23.0 Å². The van der Waals surface area contributed by atoms with Gasteiger partial charge in [0, 0.05) is 55.3 Å². The summed E-state index contributed by atoms with van der Waals surface area (Å²) in [5, 5.41) is 16.7. The number of hydrogen-bond acceptors (Lipinski definition) is 5. The lowest BCUT2D eigenvalue weighted by molar-refractivity contribution is 0.555. The van der Waals surface area contributed by atoms with Crippen LogP contribution < -0.4 is 5.32 Å². The predicted octanol–water partition coefficient (Wildman–Crippen LogP) is 3.50. The molecule has 4 aromatic rings. The molecule has 0 aliphatic carbocycles. The first-order valence-electron chi connectivity index (χ1n) is 10.3. The number of hydrogen-bond donors (Lipinski definition) is 1. The molecule has 4 rings (SSSR count). The first-order chi connectivity index (χ1) is 14.7. The van der Waals surface area contributed by atoms with Crippen molar-refractivity contribution >= 4 is 0 Å². The van der Waals surface area contributed by atoms with Gasteiger partial charge in [-0.3, -0.25) is 9.67 Å². The van der Waals surface area contributed by atoms with Crippen LogP contribution in [0.2, 0.25) is 0 Å². The van der Waals surface area contributed by atoms with Gasteiger partial charge in [0.25, 0.3) is 0 Å². The van der Waals surface area contributed by atoms with Gasteiger partial charge in [0.05, 0.1) is 12.2 Å². The fourth-order valence-electron chi connectivity index (χ4n) is 3.49. The van der Waals surface area contributed by atoms with Crippen molar-refractivity contribution in [3.8, 4) is 11.3 Å². The second-order valence-electron chi connectivity index (χ2n) is 7.60. The summed E-state index contributed by atoms with van der Waals surface area (Å²) in [5.74, 6) is 1.00. The zero-order valence-corrected chi connectivity index (χ0v) is 17.4. The number of nitrogens with one attached hydrogen (secondary N) is 1. The molecule has 0 unspecified atom stereocenters. The maximum absolute atomic E-state index is 4.85. The van der Waals surface area contributed by atoms with Crippen molar-refractivity contribution < 1.29 is 0 Å². The molecule has 3 aromatic heterocycles. The highest BCUT2D eigenvalue weighted by Crippen LogP contribution is 2.21. The number of nitrogens with zero attached hydrogens (tertiary/aromatic N) is 6. The summed E-state index contributed by atoms with van der Waals surface area (Å²) >= 11 is 0. The van der Waals surface area contributed by atoms with Crippen LogP contribution in [-0.2, 0) is 19.5 Å². The highest BCUT2D eigenvalue weighted by Gasteiger charge is 2.12. The Labute approximate surface area is 176 Å². The Morgan fingerprint density at radius 2 is 1.93 bits per heavy atom. The minimum atomic E-state index is 0.364. The number of benzene rings is 1. The van der Waals surface area contributed by atoms with Gasteiger partial charge in [-0.25, -0.2) is 0 Å². The van der Waals surface area contributed by atoms with E-state index in [0.29, 0.717) is 6.04 Å². The fraction of sp³-hybridized carbons (Fsp3) is 0.304. The second kappa shape index (κ2) is 9.45. The Kier molecular flexibility index (Phi) is 6.29. The third kappa shape index (κ3) is 4.80. The summed E-state index contributed by atoms with van der Waals surface area (Å²) in [4.78, 5) is 4.26. The van der Waals surface area contributed by atoms with E-state index in [0.717, 1.165) is 48.7 Å². The van der Waals surface area contributed by atoms with Gasteiger partial charge in [0.1, 0.15) is 12.2 Å². The summed E-state index contributed by atoms with van der Waals surface area (Å²) in [5.41, 5.74) is 4.38. The van der Waals surface area contributed by atoms with E-state index in [4.69, 9.17) is 5.10 Å². The van der Waals surface area contributed by atoms with Crippen molar-refractivity contribution in [3.63, 3.8) is 0 Å². The molecule has 0 saturated heterocycles. The summed E-state index contributed by atoms with van der Waals surface area (Å²) in [6.45, 7) is 6.57. The molecule has 0 amide bonds. The van der Waals surface area contributed by atoms with Gasteiger partial charge >= 0.3 is 0 Å². The minimum Gasteiger partial charge on any atom is -0.315 e. The molecular weight excluding hydrogens is 374 g/mol. The molecule has 0 bridgehead atoms. The van der Waals surface area contributed by atoms with Crippen molar-refractivity contribution in [2.24, 2.45) is 0 Å². The molecule has 3 heterocycles. The number of rotatable bonds is 9. The number of pyridine rings is 1. The lowest BCUT2D eigenvalue weighted by atomic mass is 10.1. The molecule has 0 radical (unpaired) electrons. The van der Waals surface area contributed by atoms with Crippen LogP contribution in [0.25, 0.3) is 11.3 Å². The zero-order valence-electron chi connectivity index (χ0n) is 17.4. The lowest BCUT2D eigenvalue weighted by Crippen LogP contribution is -2.19. The molecule has 0 saturated carbocycles. The van der Waals surface area contributed by atoms with Gasteiger partial charge in [0.15, 0.2) is 0 Å². The topological polar surface area (TPSA) is 73.5 Å². The van der Waals surface area contributed by atoms with Crippen molar-refractivity contribution in [1.29, 1.82) is 0 Å². The maximum Gasteiger partial charge on any atom is 0.134 e. The Hall–Kier alpha value is -3.32. The van der Waals surface area contributed by atoms with E-state index in [1.54, 1.807) is 12.5 Å². The molecule has 0 aliphatic rings. The Bertz CT molecular complexity index is 1050. The quantitative estimate of drug-likeness (QED) is 0.435. The Morgan fingerprint density at radius 1 is 1.07 bits per heavy atom.